The quantitative estimate of drug-likeness (QED) is 0.721. The summed E-state index contributed by atoms with van der Waals surface area (Å²) >= 11 is 0. The number of ether oxygens (including phenoxy) is 1. The molecule has 26 heavy (non-hydrogen) atoms. The van der Waals surface area contributed by atoms with Gasteiger partial charge in [0, 0.05) is 37.6 Å². The van der Waals surface area contributed by atoms with Crippen LogP contribution in [0.5, 0.6) is 0 Å². The second kappa shape index (κ2) is 8.26. The molecule has 6 nitrogen and oxygen atoms in total. The van der Waals surface area contributed by atoms with Crippen LogP contribution in [0, 0.1) is 11.3 Å². The fourth-order valence-corrected chi connectivity index (χ4v) is 4.32. The van der Waals surface area contributed by atoms with Crippen molar-refractivity contribution in [1.82, 2.24) is 10.2 Å². The summed E-state index contributed by atoms with van der Waals surface area (Å²) in [6.45, 7) is 11.9. The van der Waals surface area contributed by atoms with Crippen molar-refractivity contribution >= 4 is 11.8 Å². The molecule has 2 aliphatic rings. The van der Waals surface area contributed by atoms with E-state index in [1.807, 2.05) is 32.6 Å². The van der Waals surface area contributed by atoms with Gasteiger partial charge in [0.15, 0.2) is 0 Å². The molecule has 1 aliphatic heterocycles. The van der Waals surface area contributed by atoms with Crippen LogP contribution in [0.4, 0.5) is 0 Å². The average Bonchev–Trinajstić information content (AvgIpc) is 2.61. The lowest BCUT2D eigenvalue weighted by Gasteiger charge is -2.59. The van der Waals surface area contributed by atoms with Crippen molar-refractivity contribution in [2.75, 3.05) is 19.7 Å². The number of amides is 2. The lowest BCUT2D eigenvalue weighted by atomic mass is 9.54. The molecule has 0 aromatic carbocycles. The lowest BCUT2D eigenvalue weighted by molar-refractivity contribution is -0.180. The zero-order valence-electron chi connectivity index (χ0n) is 17.1. The Morgan fingerprint density at radius 1 is 1.35 bits per heavy atom. The maximum absolute atomic E-state index is 13.2. The highest BCUT2D eigenvalue weighted by atomic mass is 16.5. The van der Waals surface area contributed by atoms with Gasteiger partial charge in [0.1, 0.15) is 5.54 Å². The molecule has 1 saturated heterocycles. The van der Waals surface area contributed by atoms with Gasteiger partial charge in [-0.05, 0) is 33.1 Å². The third kappa shape index (κ3) is 3.91. The molecule has 0 bridgehead atoms. The largest absolute Gasteiger partial charge is 0.378 e. The Balaban J connectivity index is 1.99. The summed E-state index contributed by atoms with van der Waals surface area (Å²) in [4.78, 5) is 27.5. The molecule has 2 rings (SSSR count). The van der Waals surface area contributed by atoms with Crippen molar-refractivity contribution < 1.29 is 14.3 Å². The standard InChI is InChI=1S/C20H37N3O3/c1-6-9-14(3)22-17(24)15-10-8-11-23(13-15)18(25)20(21)12-16(26-7-2)19(20,4)5/h14-16H,6-13,21H2,1-5H3,(H,22,24). The normalized spacial score (nSPS) is 31.8. The van der Waals surface area contributed by atoms with Crippen LogP contribution < -0.4 is 11.1 Å². The number of carbonyl (C=O) groups is 2. The van der Waals surface area contributed by atoms with Gasteiger partial charge < -0.3 is 20.7 Å². The Bertz CT molecular complexity index is 522. The second-order valence-corrected chi connectivity index (χ2v) is 8.63. The predicted molar refractivity (Wildman–Crippen MR) is 103 cm³/mol. The maximum atomic E-state index is 13.2. The molecule has 150 valence electrons. The number of hydrogen-bond acceptors (Lipinski definition) is 4. The number of likely N-dealkylation sites (tertiary alicyclic amines) is 1. The fourth-order valence-electron chi connectivity index (χ4n) is 4.32. The summed E-state index contributed by atoms with van der Waals surface area (Å²) in [7, 11) is 0. The molecule has 1 aliphatic carbocycles. The minimum absolute atomic E-state index is 0.0141. The number of nitrogens with zero attached hydrogens (tertiary/aromatic N) is 1. The van der Waals surface area contributed by atoms with E-state index in [0.717, 1.165) is 25.7 Å². The number of carbonyl (C=O) groups excluding carboxylic acids is 2. The van der Waals surface area contributed by atoms with Gasteiger partial charge in [0.25, 0.3) is 0 Å². The smallest absolute Gasteiger partial charge is 0.243 e. The van der Waals surface area contributed by atoms with E-state index < -0.39 is 11.0 Å². The SMILES string of the molecule is CCCC(C)NC(=O)C1CCCN(C(=O)C2(N)CC(OCC)C2(C)C)C1. The van der Waals surface area contributed by atoms with E-state index in [4.69, 9.17) is 10.5 Å². The Hall–Kier alpha value is -1.14. The molecule has 0 aromatic heterocycles. The Labute approximate surface area is 158 Å². The topological polar surface area (TPSA) is 84.7 Å². The molecule has 6 heteroatoms. The first kappa shape index (κ1) is 21.2. The van der Waals surface area contributed by atoms with Crippen molar-refractivity contribution in [2.24, 2.45) is 17.1 Å². The Kier molecular flexibility index (Phi) is 6.72. The van der Waals surface area contributed by atoms with E-state index in [2.05, 4.69) is 12.2 Å². The Morgan fingerprint density at radius 2 is 2.04 bits per heavy atom. The van der Waals surface area contributed by atoms with Crippen LogP contribution >= 0.6 is 0 Å². The molecule has 4 unspecified atom stereocenters. The predicted octanol–water partition coefficient (Wildman–Crippen LogP) is 2.06. The molecule has 0 spiro atoms. The van der Waals surface area contributed by atoms with E-state index >= 15 is 0 Å². The minimum atomic E-state index is -0.902. The van der Waals surface area contributed by atoms with Crippen molar-refractivity contribution in [3.63, 3.8) is 0 Å². The molecule has 1 heterocycles. The van der Waals surface area contributed by atoms with E-state index in [-0.39, 0.29) is 29.9 Å². The third-order valence-electron chi connectivity index (χ3n) is 6.40. The van der Waals surface area contributed by atoms with Gasteiger partial charge in [-0.15, -0.1) is 0 Å². The van der Waals surface area contributed by atoms with E-state index in [9.17, 15) is 9.59 Å². The monoisotopic (exact) mass is 367 g/mol. The summed E-state index contributed by atoms with van der Waals surface area (Å²) < 4.78 is 5.74. The number of rotatable bonds is 7. The van der Waals surface area contributed by atoms with Crippen molar-refractivity contribution in [2.45, 2.75) is 84.4 Å². The van der Waals surface area contributed by atoms with Crippen molar-refractivity contribution in [1.29, 1.82) is 0 Å². The maximum Gasteiger partial charge on any atom is 0.243 e. The zero-order valence-corrected chi connectivity index (χ0v) is 17.1. The van der Waals surface area contributed by atoms with Crippen LogP contribution in [0.3, 0.4) is 0 Å². The van der Waals surface area contributed by atoms with Crippen molar-refractivity contribution in [3.05, 3.63) is 0 Å². The van der Waals surface area contributed by atoms with Gasteiger partial charge in [-0.3, -0.25) is 9.59 Å². The Morgan fingerprint density at radius 3 is 2.62 bits per heavy atom. The third-order valence-corrected chi connectivity index (χ3v) is 6.40. The fraction of sp³-hybridized carbons (Fsp3) is 0.900. The van der Waals surface area contributed by atoms with Crippen molar-refractivity contribution in [3.8, 4) is 0 Å². The lowest BCUT2D eigenvalue weighted by Crippen LogP contribution is -2.76. The highest BCUT2D eigenvalue weighted by Gasteiger charge is 2.63. The van der Waals surface area contributed by atoms with Gasteiger partial charge in [-0.25, -0.2) is 0 Å². The highest BCUT2D eigenvalue weighted by Crippen LogP contribution is 2.50. The first-order valence-corrected chi connectivity index (χ1v) is 10.2. The first-order chi connectivity index (χ1) is 12.2. The summed E-state index contributed by atoms with van der Waals surface area (Å²) in [5, 5.41) is 3.09. The molecule has 0 aromatic rings. The van der Waals surface area contributed by atoms with E-state index in [0.29, 0.717) is 26.1 Å². The van der Waals surface area contributed by atoms with E-state index in [1.165, 1.54) is 0 Å². The van der Waals surface area contributed by atoms with Gasteiger partial charge >= 0.3 is 0 Å². The van der Waals surface area contributed by atoms with Gasteiger partial charge in [-0.2, -0.15) is 0 Å². The second-order valence-electron chi connectivity index (χ2n) is 8.63. The molecular formula is C20H37N3O3. The number of piperidine rings is 1. The highest BCUT2D eigenvalue weighted by molar-refractivity contribution is 5.89. The first-order valence-electron chi connectivity index (χ1n) is 10.2. The van der Waals surface area contributed by atoms with Crippen LogP contribution in [-0.4, -0.2) is 54.1 Å². The zero-order chi connectivity index (χ0) is 19.5. The summed E-state index contributed by atoms with van der Waals surface area (Å²) in [6, 6.07) is 0.178. The van der Waals surface area contributed by atoms with Crippen LogP contribution in [0.15, 0.2) is 0 Å². The van der Waals surface area contributed by atoms with Gasteiger partial charge in [0.05, 0.1) is 12.0 Å². The average molecular weight is 368 g/mol. The molecule has 2 fully saturated rings. The number of nitrogens with one attached hydrogen (secondary N) is 1. The molecule has 0 radical (unpaired) electrons. The number of nitrogens with two attached hydrogens (primary N) is 1. The van der Waals surface area contributed by atoms with E-state index in [1.54, 1.807) is 0 Å². The molecule has 1 saturated carbocycles. The molecule has 3 N–H and O–H groups in total. The minimum Gasteiger partial charge on any atom is -0.378 e. The number of hydrogen-bond donors (Lipinski definition) is 2. The molecule has 2 amide bonds. The van der Waals surface area contributed by atoms with Gasteiger partial charge in [-0.1, -0.05) is 27.2 Å². The van der Waals surface area contributed by atoms with Crippen LogP contribution in [0.1, 0.15) is 66.7 Å². The summed E-state index contributed by atoms with van der Waals surface area (Å²) in [5.74, 6) is -0.103. The molecular weight excluding hydrogens is 330 g/mol. The van der Waals surface area contributed by atoms with Crippen LogP contribution in [-0.2, 0) is 14.3 Å². The molecule has 4 atom stereocenters. The summed E-state index contributed by atoms with van der Waals surface area (Å²) in [5.41, 5.74) is 5.25. The van der Waals surface area contributed by atoms with Crippen LogP contribution in [0.25, 0.3) is 0 Å². The van der Waals surface area contributed by atoms with Crippen LogP contribution in [0.2, 0.25) is 0 Å². The van der Waals surface area contributed by atoms with Gasteiger partial charge in [0.2, 0.25) is 11.8 Å². The summed E-state index contributed by atoms with van der Waals surface area (Å²) in [6.07, 6.45) is 4.25.